The minimum absolute atomic E-state index is 0.252. The maximum atomic E-state index is 13.0. The number of rotatable bonds is 4. The van der Waals surface area contributed by atoms with E-state index >= 15 is 0 Å². The Kier molecular flexibility index (Phi) is 5.68. The zero-order valence-electron chi connectivity index (χ0n) is 14.4. The molecule has 27 heavy (non-hydrogen) atoms. The Morgan fingerprint density at radius 3 is 2.22 bits per heavy atom. The Bertz CT molecular complexity index is 786. The molecular weight excluding hydrogens is 486 g/mol. The van der Waals surface area contributed by atoms with E-state index in [1.165, 1.54) is 0 Å². The largest absolute Gasteiger partial charge is 0.453 e. The van der Waals surface area contributed by atoms with E-state index in [1.54, 1.807) is 0 Å². The van der Waals surface area contributed by atoms with Crippen molar-refractivity contribution in [3.8, 4) is 11.5 Å². The number of halogens is 4. The lowest BCUT2D eigenvalue weighted by atomic mass is 10.1. The van der Waals surface area contributed by atoms with E-state index in [1.807, 2.05) is 41.3 Å². The van der Waals surface area contributed by atoms with Crippen LogP contribution in [0, 0.1) is 0 Å². The maximum absolute atomic E-state index is 13.0. The third kappa shape index (κ3) is 4.13. The Labute approximate surface area is 173 Å². The summed E-state index contributed by atoms with van der Waals surface area (Å²) in [5.41, 5.74) is 1.93. The predicted molar refractivity (Wildman–Crippen MR) is 108 cm³/mol. The van der Waals surface area contributed by atoms with Gasteiger partial charge in [-0.3, -0.25) is 4.90 Å². The molecule has 4 nitrogen and oxygen atoms in total. The monoisotopic (exact) mass is 502 g/mol. The number of fused-ring (bicyclic) bond motifs is 2. The molecule has 8 heteroatoms. The molecule has 0 N–H and O–H groups in total. The van der Waals surface area contributed by atoms with Gasteiger partial charge in [0, 0.05) is 35.1 Å². The van der Waals surface area contributed by atoms with E-state index in [0.29, 0.717) is 26.2 Å². The highest BCUT2D eigenvalue weighted by Gasteiger charge is 2.29. The van der Waals surface area contributed by atoms with Crippen molar-refractivity contribution in [1.82, 2.24) is 4.90 Å². The number of nitrogens with zero attached hydrogens (tertiary/aromatic N) is 2. The minimum Gasteiger partial charge on any atom is -0.453 e. The van der Waals surface area contributed by atoms with Gasteiger partial charge in [0.05, 0.1) is 18.0 Å². The van der Waals surface area contributed by atoms with Gasteiger partial charge in [-0.15, -0.1) is 0 Å². The number of ether oxygens (including phenoxy) is 2. The van der Waals surface area contributed by atoms with E-state index < -0.39 is 12.5 Å². The Morgan fingerprint density at radius 1 is 1.00 bits per heavy atom. The third-order valence-electron chi connectivity index (χ3n) is 4.74. The van der Waals surface area contributed by atoms with Gasteiger partial charge in [-0.25, -0.2) is 8.78 Å². The fourth-order valence-electron chi connectivity index (χ4n) is 3.40. The molecule has 0 amide bonds. The molecule has 2 aromatic carbocycles. The standard InChI is InChI=1S/C19H18Br2F2N2O2/c20-12-1-3-14-16(9-12)27-17-10-13(21)2-4-15(17)25(14)6-5-24-7-8-26-18(11-24)19(22)23/h1-4,9-10,18-19H,5-8,11H2. The summed E-state index contributed by atoms with van der Waals surface area (Å²) in [6, 6.07) is 11.8. The summed E-state index contributed by atoms with van der Waals surface area (Å²) in [4.78, 5) is 4.22. The summed E-state index contributed by atoms with van der Waals surface area (Å²) in [6.07, 6.45) is -3.46. The number of benzene rings is 2. The molecule has 0 aliphatic carbocycles. The van der Waals surface area contributed by atoms with Crippen LogP contribution in [0.3, 0.4) is 0 Å². The van der Waals surface area contributed by atoms with Crippen LogP contribution in [-0.2, 0) is 4.74 Å². The summed E-state index contributed by atoms with van der Waals surface area (Å²) >= 11 is 6.97. The normalized spacial score (nSPS) is 19.6. The number of hydrogen-bond donors (Lipinski definition) is 0. The smallest absolute Gasteiger partial charge is 0.265 e. The van der Waals surface area contributed by atoms with Crippen LogP contribution in [0.4, 0.5) is 20.2 Å². The van der Waals surface area contributed by atoms with E-state index in [4.69, 9.17) is 9.47 Å². The SMILES string of the molecule is FC(F)C1CN(CCN2c3ccc(Br)cc3Oc3cc(Br)ccc32)CCO1. The summed E-state index contributed by atoms with van der Waals surface area (Å²) in [5.74, 6) is 1.53. The number of alkyl halides is 2. The molecule has 2 heterocycles. The van der Waals surface area contributed by atoms with Crippen molar-refractivity contribution in [2.75, 3.05) is 37.7 Å². The number of morpholine rings is 1. The van der Waals surface area contributed by atoms with Crippen LogP contribution in [0.5, 0.6) is 11.5 Å². The first-order valence-electron chi connectivity index (χ1n) is 8.68. The molecule has 1 saturated heterocycles. The molecule has 0 spiro atoms. The van der Waals surface area contributed by atoms with Gasteiger partial charge in [0.15, 0.2) is 11.5 Å². The van der Waals surface area contributed by atoms with E-state index in [9.17, 15) is 8.78 Å². The van der Waals surface area contributed by atoms with E-state index in [2.05, 4.69) is 36.8 Å². The van der Waals surface area contributed by atoms with Crippen molar-refractivity contribution in [2.45, 2.75) is 12.5 Å². The first-order valence-corrected chi connectivity index (χ1v) is 10.3. The molecular formula is C19H18Br2F2N2O2. The highest BCUT2D eigenvalue weighted by atomic mass is 79.9. The van der Waals surface area contributed by atoms with Crippen molar-refractivity contribution in [3.05, 3.63) is 45.3 Å². The van der Waals surface area contributed by atoms with Crippen LogP contribution in [0.1, 0.15) is 0 Å². The fraction of sp³-hybridized carbons (Fsp3) is 0.368. The molecule has 0 aromatic heterocycles. The van der Waals surface area contributed by atoms with Gasteiger partial charge in [-0.05, 0) is 36.4 Å². The van der Waals surface area contributed by atoms with E-state index in [-0.39, 0.29) is 6.54 Å². The second-order valence-electron chi connectivity index (χ2n) is 6.52. The van der Waals surface area contributed by atoms with Gasteiger partial charge in [0.1, 0.15) is 6.10 Å². The van der Waals surface area contributed by atoms with Crippen molar-refractivity contribution >= 4 is 43.2 Å². The van der Waals surface area contributed by atoms with Gasteiger partial charge in [0.2, 0.25) is 0 Å². The molecule has 1 fully saturated rings. The lowest BCUT2D eigenvalue weighted by molar-refractivity contribution is -0.101. The van der Waals surface area contributed by atoms with Crippen LogP contribution in [0.2, 0.25) is 0 Å². The van der Waals surface area contributed by atoms with Gasteiger partial charge in [-0.1, -0.05) is 31.9 Å². The van der Waals surface area contributed by atoms with Crippen LogP contribution < -0.4 is 9.64 Å². The summed E-state index contributed by atoms with van der Waals surface area (Å²) in [6.45, 7) is 2.59. The summed E-state index contributed by atoms with van der Waals surface area (Å²) < 4.78 is 39.1. The predicted octanol–water partition coefficient (Wildman–Crippen LogP) is 5.42. The Morgan fingerprint density at radius 2 is 1.63 bits per heavy atom. The zero-order chi connectivity index (χ0) is 19.0. The van der Waals surface area contributed by atoms with Gasteiger partial charge in [0.25, 0.3) is 6.43 Å². The molecule has 2 aromatic rings. The van der Waals surface area contributed by atoms with Crippen molar-refractivity contribution in [1.29, 1.82) is 0 Å². The lowest BCUT2D eigenvalue weighted by Gasteiger charge is -2.37. The molecule has 4 rings (SSSR count). The molecule has 0 radical (unpaired) electrons. The highest BCUT2D eigenvalue weighted by molar-refractivity contribution is 9.10. The topological polar surface area (TPSA) is 24.9 Å². The molecule has 144 valence electrons. The van der Waals surface area contributed by atoms with Gasteiger partial charge in [-0.2, -0.15) is 0 Å². The van der Waals surface area contributed by atoms with Gasteiger partial charge < -0.3 is 14.4 Å². The van der Waals surface area contributed by atoms with E-state index in [0.717, 1.165) is 31.8 Å². The number of anilines is 2. The molecule has 2 aliphatic rings. The quantitative estimate of drug-likeness (QED) is 0.556. The average molecular weight is 504 g/mol. The second-order valence-corrected chi connectivity index (χ2v) is 8.35. The third-order valence-corrected chi connectivity index (χ3v) is 5.73. The maximum Gasteiger partial charge on any atom is 0.265 e. The second kappa shape index (κ2) is 8.03. The fourth-order valence-corrected chi connectivity index (χ4v) is 4.08. The van der Waals surface area contributed by atoms with Crippen LogP contribution in [0.25, 0.3) is 0 Å². The molecule has 1 atom stereocenters. The lowest BCUT2D eigenvalue weighted by Crippen LogP contribution is -2.47. The first-order chi connectivity index (χ1) is 13.0. The van der Waals surface area contributed by atoms with Crippen molar-refractivity contribution in [3.63, 3.8) is 0 Å². The molecule has 0 bridgehead atoms. The average Bonchev–Trinajstić information content (AvgIpc) is 2.65. The molecule has 2 aliphatic heterocycles. The van der Waals surface area contributed by atoms with Gasteiger partial charge >= 0.3 is 0 Å². The summed E-state index contributed by atoms with van der Waals surface area (Å²) in [7, 11) is 0. The van der Waals surface area contributed by atoms with Crippen LogP contribution in [-0.4, -0.2) is 50.2 Å². The molecule has 1 unspecified atom stereocenters. The molecule has 0 saturated carbocycles. The summed E-state index contributed by atoms with van der Waals surface area (Å²) in [5, 5.41) is 0. The van der Waals surface area contributed by atoms with Crippen molar-refractivity contribution < 1.29 is 18.3 Å². The Balaban J connectivity index is 1.57. The van der Waals surface area contributed by atoms with Crippen molar-refractivity contribution in [2.24, 2.45) is 0 Å². The van der Waals surface area contributed by atoms with Crippen LogP contribution in [0.15, 0.2) is 45.3 Å². The first kappa shape index (κ1) is 19.1. The minimum atomic E-state index is -2.45. The highest BCUT2D eigenvalue weighted by Crippen LogP contribution is 2.48. The van der Waals surface area contributed by atoms with Crippen LogP contribution >= 0.6 is 31.9 Å². The number of hydrogen-bond acceptors (Lipinski definition) is 4. The Hall–Kier alpha value is -1.22. The zero-order valence-corrected chi connectivity index (χ0v) is 17.5.